The summed E-state index contributed by atoms with van der Waals surface area (Å²) in [5, 5.41) is 6.29. The zero-order chi connectivity index (χ0) is 14.7. The van der Waals surface area contributed by atoms with E-state index in [0.717, 1.165) is 35.6 Å². The number of imidazole rings is 1. The largest absolute Gasteiger partial charge is 0.384 e. The lowest BCUT2D eigenvalue weighted by Crippen LogP contribution is -2.13. The molecular weight excluding hydrogens is 264 g/mol. The maximum atomic E-state index is 11.5. The molecule has 0 spiro atoms. The summed E-state index contributed by atoms with van der Waals surface area (Å²) in [5.74, 6) is 0.0258. The number of aromatic amines is 1. The molecule has 2 heterocycles. The normalized spacial score (nSPS) is 15.4. The first-order chi connectivity index (χ1) is 10.3. The zero-order valence-electron chi connectivity index (χ0n) is 11.9. The van der Waals surface area contributed by atoms with Crippen LogP contribution >= 0.6 is 0 Å². The Bertz CT molecular complexity index is 674. The Hall–Kier alpha value is -2.56. The van der Waals surface area contributed by atoms with E-state index in [1.165, 1.54) is 5.57 Å². The maximum absolute atomic E-state index is 11.5. The second-order valence-electron chi connectivity index (χ2n) is 5.02. The van der Waals surface area contributed by atoms with E-state index in [2.05, 4.69) is 26.7 Å². The van der Waals surface area contributed by atoms with Crippen LogP contribution in [-0.2, 0) is 4.79 Å². The van der Waals surface area contributed by atoms with Crippen molar-refractivity contribution in [3.63, 3.8) is 0 Å². The van der Waals surface area contributed by atoms with Crippen LogP contribution in [0.4, 0.5) is 11.4 Å². The second kappa shape index (κ2) is 5.83. The number of H-pyrrole nitrogens is 1. The van der Waals surface area contributed by atoms with Crippen LogP contribution in [-0.4, -0.2) is 22.4 Å². The highest BCUT2D eigenvalue weighted by atomic mass is 16.1. The number of hydrogen-bond donors (Lipinski definition) is 3. The summed E-state index contributed by atoms with van der Waals surface area (Å²) in [6, 6.07) is 5.97. The van der Waals surface area contributed by atoms with Gasteiger partial charge in [-0.3, -0.25) is 4.79 Å². The van der Waals surface area contributed by atoms with Crippen LogP contribution in [0.15, 0.2) is 30.7 Å². The first-order valence-electron chi connectivity index (χ1n) is 7.13. The molecule has 0 aliphatic carbocycles. The van der Waals surface area contributed by atoms with Gasteiger partial charge < -0.3 is 15.6 Å². The van der Waals surface area contributed by atoms with Crippen molar-refractivity contribution in [3.8, 4) is 0 Å². The molecule has 0 saturated heterocycles. The summed E-state index contributed by atoms with van der Waals surface area (Å²) in [6.07, 6.45) is 7.01. The van der Waals surface area contributed by atoms with Gasteiger partial charge in [-0.25, -0.2) is 4.98 Å². The summed E-state index contributed by atoms with van der Waals surface area (Å²) < 4.78 is 0. The van der Waals surface area contributed by atoms with Gasteiger partial charge in [0.15, 0.2) is 0 Å². The molecule has 2 aromatic rings. The van der Waals surface area contributed by atoms with E-state index in [9.17, 15) is 4.79 Å². The van der Waals surface area contributed by atoms with Crippen LogP contribution in [0.1, 0.15) is 31.0 Å². The van der Waals surface area contributed by atoms with E-state index >= 15 is 0 Å². The number of fused-ring (bicyclic) bond motifs is 1. The molecule has 5 nitrogen and oxygen atoms in total. The van der Waals surface area contributed by atoms with E-state index in [1.54, 1.807) is 12.5 Å². The van der Waals surface area contributed by atoms with Gasteiger partial charge >= 0.3 is 0 Å². The lowest BCUT2D eigenvalue weighted by atomic mass is 9.95. The number of aromatic nitrogens is 2. The first kappa shape index (κ1) is 13.4. The summed E-state index contributed by atoms with van der Waals surface area (Å²) in [7, 11) is 0. The van der Waals surface area contributed by atoms with Crippen molar-refractivity contribution in [2.24, 2.45) is 0 Å². The molecule has 0 atom stereocenters. The van der Waals surface area contributed by atoms with Gasteiger partial charge in [0, 0.05) is 29.9 Å². The van der Waals surface area contributed by atoms with Crippen LogP contribution in [0.3, 0.4) is 0 Å². The Morgan fingerprint density at radius 3 is 3.14 bits per heavy atom. The van der Waals surface area contributed by atoms with Crippen molar-refractivity contribution < 1.29 is 4.79 Å². The molecule has 0 radical (unpaired) electrons. The molecule has 5 heteroatoms. The molecule has 3 N–H and O–H groups in total. The van der Waals surface area contributed by atoms with Gasteiger partial charge in [0.1, 0.15) is 0 Å². The van der Waals surface area contributed by atoms with Crippen molar-refractivity contribution in [2.75, 3.05) is 17.2 Å². The molecule has 1 amide bonds. The van der Waals surface area contributed by atoms with Crippen LogP contribution < -0.4 is 10.6 Å². The summed E-state index contributed by atoms with van der Waals surface area (Å²) in [4.78, 5) is 18.7. The van der Waals surface area contributed by atoms with Crippen molar-refractivity contribution in [1.29, 1.82) is 0 Å². The molecule has 1 aliphatic rings. The molecule has 1 aliphatic heterocycles. The number of rotatable bonds is 3. The topological polar surface area (TPSA) is 69.8 Å². The van der Waals surface area contributed by atoms with Crippen molar-refractivity contribution in [3.05, 3.63) is 42.0 Å². The lowest BCUT2D eigenvalue weighted by molar-refractivity contribution is -0.115. The fourth-order valence-corrected chi connectivity index (χ4v) is 2.44. The third kappa shape index (κ3) is 2.97. The van der Waals surface area contributed by atoms with E-state index in [1.807, 2.05) is 25.1 Å². The van der Waals surface area contributed by atoms with Crippen LogP contribution in [0.5, 0.6) is 0 Å². The zero-order valence-corrected chi connectivity index (χ0v) is 11.9. The third-order valence-corrected chi connectivity index (χ3v) is 3.53. The highest BCUT2D eigenvalue weighted by Gasteiger charge is 2.15. The quantitative estimate of drug-likeness (QED) is 0.810. The van der Waals surface area contributed by atoms with Crippen LogP contribution in [0, 0.1) is 0 Å². The van der Waals surface area contributed by atoms with Gasteiger partial charge in [-0.15, -0.1) is 0 Å². The molecule has 0 saturated carbocycles. The molecule has 3 rings (SSSR count). The van der Waals surface area contributed by atoms with E-state index in [-0.39, 0.29) is 5.91 Å². The number of carbonyl (C=O) groups excluding carboxylic acids is 1. The number of amides is 1. The Kier molecular flexibility index (Phi) is 3.73. The third-order valence-electron chi connectivity index (χ3n) is 3.53. The molecular formula is C16H18N4O. The second-order valence-corrected chi connectivity index (χ2v) is 5.02. The molecule has 0 fully saturated rings. The molecule has 1 aromatic carbocycles. The average molecular weight is 282 g/mol. The van der Waals surface area contributed by atoms with E-state index < -0.39 is 0 Å². The van der Waals surface area contributed by atoms with Crippen molar-refractivity contribution in [2.45, 2.75) is 19.8 Å². The smallest absolute Gasteiger partial charge is 0.224 e. The Labute approximate surface area is 123 Å². The monoisotopic (exact) mass is 282 g/mol. The Balaban J connectivity index is 1.95. The van der Waals surface area contributed by atoms with Gasteiger partial charge in [-0.2, -0.15) is 0 Å². The minimum atomic E-state index is 0.0258. The number of benzene rings is 1. The predicted molar refractivity (Wildman–Crippen MR) is 84.9 cm³/mol. The standard InChI is InChI=1S/C16H18N4O/c1-2-16(21)20-12-3-4-15-14(8-12)11(5-6-18-15)7-13-9-17-10-19-13/h3-4,7-10,18H,2,5-6H2,1H3,(H,17,19)(H,20,21)/b11-7+. The summed E-state index contributed by atoms with van der Waals surface area (Å²) in [5.41, 5.74) is 5.28. The van der Waals surface area contributed by atoms with Gasteiger partial charge in [0.2, 0.25) is 5.91 Å². The Morgan fingerprint density at radius 2 is 2.38 bits per heavy atom. The number of nitrogens with one attached hydrogen (secondary N) is 3. The summed E-state index contributed by atoms with van der Waals surface area (Å²) >= 11 is 0. The van der Waals surface area contributed by atoms with Gasteiger partial charge in [0.25, 0.3) is 0 Å². The molecule has 0 bridgehead atoms. The fraction of sp³-hybridized carbons (Fsp3) is 0.250. The summed E-state index contributed by atoms with van der Waals surface area (Å²) in [6.45, 7) is 2.76. The fourth-order valence-electron chi connectivity index (χ4n) is 2.44. The van der Waals surface area contributed by atoms with E-state index in [0.29, 0.717) is 6.42 Å². The average Bonchev–Trinajstić information content (AvgIpc) is 3.01. The van der Waals surface area contributed by atoms with Gasteiger partial charge in [-0.1, -0.05) is 6.92 Å². The maximum Gasteiger partial charge on any atom is 0.224 e. The number of anilines is 2. The highest BCUT2D eigenvalue weighted by molar-refractivity contribution is 5.94. The molecule has 1 aromatic heterocycles. The lowest BCUT2D eigenvalue weighted by Gasteiger charge is -2.22. The minimum absolute atomic E-state index is 0.0258. The van der Waals surface area contributed by atoms with Crippen molar-refractivity contribution >= 4 is 28.9 Å². The molecule has 108 valence electrons. The first-order valence-corrected chi connectivity index (χ1v) is 7.13. The minimum Gasteiger partial charge on any atom is -0.384 e. The molecule has 21 heavy (non-hydrogen) atoms. The highest BCUT2D eigenvalue weighted by Crippen LogP contribution is 2.34. The number of carbonyl (C=O) groups is 1. The van der Waals surface area contributed by atoms with Crippen LogP contribution in [0.25, 0.3) is 11.6 Å². The number of hydrogen-bond acceptors (Lipinski definition) is 3. The van der Waals surface area contributed by atoms with E-state index in [4.69, 9.17) is 0 Å². The van der Waals surface area contributed by atoms with Gasteiger partial charge in [-0.05, 0) is 36.3 Å². The predicted octanol–water partition coefficient (Wildman–Crippen LogP) is 3.11. The van der Waals surface area contributed by atoms with Crippen molar-refractivity contribution in [1.82, 2.24) is 9.97 Å². The van der Waals surface area contributed by atoms with Gasteiger partial charge in [0.05, 0.1) is 18.2 Å². The Morgan fingerprint density at radius 1 is 1.48 bits per heavy atom. The number of nitrogens with zero attached hydrogens (tertiary/aromatic N) is 1. The SMILES string of the molecule is CCC(=O)Nc1ccc2c(c1)/C(=C/c1cnc[nH]1)CCN2. The molecule has 0 unspecified atom stereocenters. The van der Waals surface area contributed by atoms with Crippen LogP contribution in [0.2, 0.25) is 0 Å².